The number of hydrogen-bond acceptors (Lipinski definition) is 2. The van der Waals surface area contributed by atoms with E-state index in [2.05, 4.69) is 4.72 Å². The molecule has 0 saturated carbocycles. The van der Waals surface area contributed by atoms with Crippen LogP contribution in [0.5, 0.6) is 0 Å². The third-order valence-corrected chi connectivity index (χ3v) is 5.23. The van der Waals surface area contributed by atoms with Crippen LogP contribution < -0.4 is 4.72 Å². The van der Waals surface area contributed by atoms with Crippen molar-refractivity contribution in [3.05, 3.63) is 102 Å². The fourth-order valence-electron chi connectivity index (χ4n) is 2.54. The maximum absolute atomic E-state index is 13.0. The van der Waals surface area contributed by atoms with Gasteiger partial charge in [-0.15, -0.1) is 0 Å². The van der Waals surface area contributed by atoms with Crippen molar-refractivity contribution < 1.29 is 8.42 Å². The standard InChI is InChI=1S/C19H17NO2S/c21-23(22,20-18-14-8-3-9-15-18)19(16-10-4-1-5-11-16)17-12-6-2-7-13-17/h1-15,19-20H. The highest BCUT2D eigenvalue weighted by Gasteiger charge is 2.28. The highest BCUT2D eigenvalue weighted by molar-refractivity contribution is 7.93. The van der Waals surface area contributed by atoms with Crippen molar-refractivity contribution in [3.8, 4) is 0 Å². The first-order valence-corrected chi connectivity index (χ1v) is 8.88. The molecule has 0 aliphatic carbocycles. The molecule has 0 saturated heterocycles. The van der Waals surface area contributed by atoms with Crippen molar-refractivity contribution in [1.82, 2.24) is 0 Å². The summed E-state index contributed by atoms with van der Waals surface area (Å²) < 4.78 is 28.7. The first kappa shape index (κ1) is 15.3. The lowest BCUT2D eigenvalue weighted by Gasteiger charge is -2.20. The SMILES string of the molecule is O=S(=O)(Nc1ccccc1)C(c1ccccc1)c1ccccc1. The van der Waals surface area contributed by atoms with E-state index in [0.29, 0.717) is 5.69 Å². The number of para-hydroxylation sites is 1. The smallest absolute Gasteiger partial charge is 0.244 e. The van der Waals surface area contributed by atoms with Crippen LogP contribution in [-0.4, -0.2) is 8.42 Å². The van der Waals surface area contributed by atoms with Gasteiger partial charge in [-0.05, 0) is 23.3 Å². The van der Waals surface area contributed by atoms with Crippen molar-refractivity contribution in [2.24, 2.45) is 0 Å². The maximum Gasteiger partial charge on any atom is 0.244 e. The van der Waals surface area contributed by atoms with Crippen LogP contribution in [-0.2, 0) is 10.0 Å². The molecule has 0 atom stereocenters. The number of sulfonamides is 1. The molecular weight excluding hydrogens is 306 g/mol. The van der Waals surface area contributed by atoms with E-state index in [1.54, 1.807) is 24.3 Å². The van der Waals surface area contributed by atoms with Gasteiger partial charge < -0.3 is 0 Å². The highest BCUT2D eigenvalue weighted by Crippen LogP contribution is 2.31. The molecule has 4 heteroatoms. The van der Waals surface area contributed by atoms with E-state index >= 15 is 0 Å². The van der Waals surface area contributed by atoms with Gasteiger partial charge in [0.25, 0.3) is 0 Å². The number of hydrogen-bond donors (Lipinski definition) is 1. The topological polar surface area (TPSA) is 46.2 Å². The van der Waals surface area contributed by atoms with Crippen molar-refractivity contribution >= 4 is 15.7 Å². The Morgan fingerprint density at radius 3 is 1.43 bits per heavy atom. The van der Waals surface area contributed by atoms with E-state index in [-0.39, 0.29) is 0 Å². The van der Waals surface area contributed by atoms with Crippen molar-refractivity contribution in [2.45, 2.75) is 5.25 Å². The molecule has 0 aromatic heterocycles. The van der Waals surface area contributed by atoms with Gasteiger partial charge in [-0.1, -0.05) is 78.9 Å². The summed E-state index contributed by atoms with van der Waals surface area (Å²) in [5, 5.41) is -0.759. The summed E-state index contributed by atoms with van der Waals surface area (Å²) >= 11 is 0. The van der Waals surface area contributed by atoms with Gasteiger partial charge in [-0.2, -0.15) is 0 Å². The van der Waals surface area contributed by atoms with E-state index in [0.717, 1.165) is 11.1 Å². The molecule has 23 heavy (non-hydrogen) atoms. The number of benzene rings is 3. The van der Waals surface area contributed by atoms with E-state index in [4.69, 9.17) is 0 Å². The van der Waals surface area contributed by atoms with Crippen LogP contribution in [0.15, 0.2) is 91.0 Å². The van der Waals surface area contributed by atoms with Gasteiger partial charge in [0.15, 0.2) is 0 Å². The molecule has 0 bridgehead atoms. The van der Waals surface area contributed by atoms with Crippen LogP contribution in [0.4, 0.5) is 5.69 Å². The molecule has 0 heterocycles. The summed E-state index contributed by atoms with van der Waals surface area (Å²) in [6.07, 6.45) is 0. The Morgan fingerprint density at radius 2 is 1.00 bits per heavy atom. The molecule has 116 valence electrons. The summed E-state index contributed by atoms with van der Waals surface area (Å²) in [7, 11) is -3.63. The number of nitrogens with one attached hydrogen (secondary N) is 1. The van der Waals surface area contributed by atoms with Crippen LogP contribution in [0, 0.1) is 0 Å². The normalized spacial score (nSPS) is 11.3. The summed E-state index contributed by atoms with van der Waals surface area (Å²) in [5.74, 6) is 0. The summed E-state index contributed by atoms with van der Waals surface area (Å²) in [5.41, 5.74) is 2.04. The first-order chi connectivity index (χ1) is 11.2. The Hall–Kier alpha value is -2.59. The van der Waals surface area contributed by atoms with Crippen molar-refractivity contribution in [3.63, 3.8) is 0 Å². The lowest BCUT2D eigenvalue weighted by Crippen LogP contribution is -2.22. The van der Waals surface area contributed by atoms with Gasteiger partial charge in [0.1, 0.15) is 5.25 Å². The third-order valence-electron chi connectivity index (χ3n) is 3.55. The molecular formula is C19H17NO2S. The second kappa shape index (κ2) is 6.67. The van der Waals surface area contributed by atoms with E-state index < -0.39 is 15.3 Å². The molecule has 1 N–H and O–H groups in total. The van der Waals surface area contributed by atoms with Gasteiger partial charge in [0, 0.05) is 5.69 Å². The number of anilines is 1. The van der Waals surface area contributed by atoms with Crippen LogP contribution in [0.1, 0.15) is 16.4 Å². The fourth-order valence-corrected chi connectivity index (χ4v) is 4.15. The second-order valence-corrected chi connectivity index (χ2v) is 6.98. The van der Waals surface area contributed by atoms with Gasteiger partial charge in [-0.25, -0.2) is 8.42 Å². The molecule has 0 amide bonds. The van der Waals surface area contributed by atoms with Crippen LogP contribution in [0.3, 0.4) is 0 Å². The first-order valence-electron chi connectivity index (χ1n) is 7.33. The highest BCUT2D eigenvalue weighted by atomic mass is 32.2. The predicted octanol–water partition coefficient (Wildman–Crippen LogP) is 4.22. The minimum Gasteiger partial charge on any atom is -0.283 e. The second-order valence-electron chi connectivity index (χ2n) is 5.21. The maximum atomic E-state index is 13.0. The molecule has 0 aliphatic heterocycles. The lowest BCUT2D eigenvalue weighted by atomic mass is 10.0. The quantitative estimate of drug-likeness (QED) is 0.764. The van der Waals surface area contributed by atoms with Gasteiger partial charge in [0.2, 0.25) is 10.0 Å². The molecule has 0 spiro atoms. The number of rotatable bonds is 5. The van der Waals surface area contributed by atoms with E-state index in [1.807, 2.05) is 66.7 Å². The Bertz CT molecular complexity index is 808. The van der Waals surface area contributed by atoms with Crippen LogP contribution in [0.2, 0.25) is 0 Å². The van der Waals surface area contributed by atoms with Crippen molar-refractivity contribution in [2.75, 3.05) is 4.72 Å². The Labute approximate surface area is 136 Å². The minimum atomic E-state index is -3.63. The minimum absolute atomic E-state index is 0.560. The van der Waals surface area contributed by atoms with Gasteiger partial charge in [0.05, 0.1) is 0 Å². The van der Waals surface area contributed by atoms with E-state index in [1.165, 1.54) is 0 Å². The average molecular weight is 323 g/mol. The van der Waals surface area contributed by atoms with Crippen molar-refractivity contribution in [1.29, 1.82) is 0 Å². The monoisotopic (exact) mass is 323 g/mol. The average Bonchev–Trinajstić information content (AvgIpc) is 2.57. The molecule has 0 fully saturated rings. The largest absolute Gasteiger partial charge is 0.283 e. The molecule has 3 rings (SSSR count). The van der Waals surface area contributed by atoms with Gasteiger partial charge in [-0.3, -0.25) is 4.72 Å². The molecule has 3 aromatic carbocycles. The molecule has 0 radical (unpaired) electrons. The molecule has 0 unspecified atom stereocenters. The zero-order valence-corrected chi connectivity index (χ0v) is 13.3. The zero-order valence-electron chi connectivity index (χ0n) is 12.5. The zero-order chi connectivity index (χ0) is 16.1. The Kier molecular flexibility index (Phi) is 4.44. The van der Waals surface area contributed by atoms with Crippen LogP contribution in [0.25, 0.3) is 0 Å². The Balaban J connectivity index is 2.05. The fraction of sp³-hybridized carbons (Fsp3) is 0.0526. The predicted molar refractivity (Wildman–Crippen MR) is 93.7 cm³/mol. The van der Waals surface area contributed by atoms with Gasteiger partial charge >= 0.3 is 0 Å². The molecule has 3 aromatic rings. The summed E-state index contributed by atoms with van der Waals surface area (Å²) in [6, 6.07) is 27.4. The van der Waals surface area contributed by atoms with Crippen LogP contribution >= 0.6 is 0 Å². The summed E-state index contributed by atoms with van der Waals surface area (Å²) in [4.78, 5) is 0. The molecule has 3 nitrogen and oxygen atoms in total. The summed E-state index contributed by atoms with van der Waals surface area (Å²) in [6.45, 7) is 0. The molecule has 0 aliphatic rings. The van der Waals surface area contributed by atoms with E-state index in [9.17, 15) is 8.42 Å². The lowest BCUT2D eigenvalue weighted by molar-refractivity contribution is 0.594. The third kappa shape index (κ3) is 3.60. The Morgan fingerprint density at radius 1 is 0.609 bits per heavy atom.